The van der Waals surface area contributed by atoms with E-state index in [1.54, 1.807) is 0 Å². The molecule has 3 aliphatic rings. The van der Waals surface area contributed by atoms with Crippen LogP contribution in [0.25, 0.3) is 0 Å². The van der Waals surface area contributed by atoms with Gasteiger partial charge in [-0.2, -0.15) is 0 Å². The largest absolute Gasteiger partial charge is 0.329 e. The predicted molar refractivity (Wildman–Crippen MR) is 84.7 cm³/mol. The van der Waals surface area contributed by atoms with Crippen molar-refractivity contribution in [1.82, 2.24) is 9.80 Å². The number of likely N-dealkylation sites (tertiary alicyclic amines) is 2. The molecule has 0 bridgehead atoms. The standard InChI is InChI=1S/C17H33N3/c1-13(2)15-6-8-19(9-7-15)17(11-18)10-14(3)20(12-17)16-4-5-16/h13-16H,4-12,18H2,1-3H3. The van der Waals surface area contributed by atoms with Crippen molar-refractivity contribution in [3.63, 3.8) is 0 Å². The lowest BCUT2D eigenvalue weighted by Crippen LogP contribution is -2.58. The highest BCUT2D eigenvalue weighted by Gasteiger charge is 2.49. The van der Waals surface area contributed by atoms with Gasteiger partial charge in [0.25, 0.3) is 0 Å². The minimum Gasteiger partial charge on any atom is -0.329 e. The van der Waals surface area contributed by atoms with Crippen molar-refractivity contribution in [2.24, 2.45) is 17.6 Å². The molecule has 3 rings (SSSR count). The van der Waals surface area contributed by atoms with Crippen LogP contribution in [-0.2, 0) is 0 Å². The predicted octanol–water partition coefficient (Wildman–Crippen LogP) is 2.31. The number of nitrogens with two attached hydrogens (primary N) is 1. The Kier molecular flexibility index (Phi) is 4.13. The molecule has 0 aromatic rings. The molecule has 116 valence electrons. The SMILES string of the molecule is CC(C)C1CCN(C2(CN)CC(C)N(C3CC3)C2)CC1. The van der Waals surface area contributed by atoms with E-state index in [1.807, 2.05) is 0 Å². The molecule has 0 aromatic heterocycles. The van der Waals surface area contributed by atoms with E-state index in [9.17, 15) is 0 Å². The van der Waals surface area contributed by atoms with Gasteiger partial charge in [0, 0.05) is 30.7 Å². The maximum Gasteiger partial charge on any atom is 0.0473 e. The normalized spacial score (nSPS) is 38.0. The van der Waals surface area contributed by atoms with Crippen LogP contribution in [-0.4, -0.2) is 53.6 Å². The van der Waals surface area contributed by atoms with Crippen LogP contribution in [0.2, 0.25) is 0 Å². The van der Waals surface area contributed by atoms with Gasteiger partial charge < -0.3 is 5.73 Å². The third-order valence-corrected chi connectivity index (χ3v) is 6.27. The molecule has 3 fully saturated rings. The molecule has 2 N–H and O–H groups in total. The summed E-state index contributed by atoms with van der Waals surface area (Å²) in [5, 5.41) is 0. The first-order chi connectivity index (χ1) is 9.55. The van der Waals surface area contributed by atoms with E-state index < -0.39 is 0 Å². The van der Waals surface area contributed by atoms with Crippen molar-refractivity contribution in [3.8, 4) is 0 Å². The second-order valence-electron chi connectivity index (χ2n) is 7.95. The van der Waals surface area contributed by atoms with Crippen LogP contribution in [0.3, 0.4) is 0 Å². The number of rotatable bonds is 4. The molecule has 0 radical (unpaired) electrons. The van der Waals surface area contributed by atoms with Gasteiger partial charge >= 0.3 is 0 Å². The van der Waals surface area contributed by atoms with Crippen LogP contribution in [0.4, 0.5) is 0 Å². The van der Waals surface area contributed by atoms with Gasteiger partial charge in [0.05, 0.1) is 0 Å². The summed E-state index contributed by atoms with van der Waals surface area (Å²) in [5.41, 5.74) is 6.55. The zero-order valence-corrected chi connectivity index (χ0v) is 13.6. The number of hydrogen-bond acceptors (Lipinski definition) is 3. The molecular formula is C17H33N3. The first-order valence-electron chi connectivity index (χ1n) is 8.76. The third kappa shape index (κ3) is 2.65. The molecule has 2 aliphatic heterocycles. The lowest BCUT2D eigenvalue weighted by atomic mass is 9.83. The number of nitrogens with zero attached hydrogens (tertiary/aromatic N) is 2. The van der Waals surface area contributed by atoms with Crippen molar-refractivity contribution in [2.75, 3.05) is 26.2 Å². The fourth-order valence-corrected chi connectivity index (χ4v) is 4.67. The highest BCUT2D eigenvalue weighted by molar-refractivity contribution is 5.07. The summed E-state index contributed by atoms with van der Waals surface area (Å²) < 4.78 is 0. The van der Waals surface area contributed by atoms with Crippen LogP contribution in [0.5, 0.6) is 0 Å². The van der Waals surface area contributed by atoms with Crippen molar-refractivity contribution in [2.45, 2.75) is 70.5 Å². The summed E-state index contributed by atoms with van der Waals surface area (Å²) in [6, 6.07) is 1.61. The summed E-state index contributed by atoms with van der Waals surface area (Å²) in [5.74, 6) is 1.77. The van der Waals surface area contributed by atoms with Gasteiger partial charge in [-0.05, 0) is 64.0 Å². The van der Waals surface area contributed by atoms with Crippen LogP contribution < -0.4 is 5.73 Å². The summed E-state index contributed by atoms with van der Waals surface area (Å²) in [7, 11) is 0. The average Bonchev–Trinajstić information content (AvgIpc) is 3.23. The van der Waals surface area contributed by atoms with Crippen molar-refractivity contribution in [1.29, 1.82) is 0 Å². The van der Waals surface area contributed by atoms with E-state index in [2.05, 4.69) is 30.6 Å². The maximum atomic E-state index is 6.27. The first-order valence-corrected chi connectivity index (χ1v) is 8.76. The molecule has 2 heterocycles. The number of piperidine rings is 1. The highest BCUT2D eigenvalue weighted by Crippen LogP contribution is 2.41. The fourth-order valence-electron chi connectivity index (χ4n) is 4.67. The summed E-state index contributed by atoms with van der Waals surface area (Å²) in [6.07, 6.45) is 6.86. The Labute approximate surface area is 124 Å². The van der Waals surface area contributed by atoms with Gasteiger partial charge in [0.2, 0.25) is 0 Å². The van der Waals surface area contributed by atoms with Crippen LogP contribution in [0, 0.1) is 11.8 Å². The zero-order chi connectivity index (χ0) is 14.3. The Hall–Kier alpha value is -0.120. The van der Waals surface area contributed by atoms with Crippen molar-refractivity contribution >= 4 is 0 Å². The van der Waals surface area contributed by atoms with Gasteiger partial charge in [-0.25, -0.2) is 0 Å². The molecule has 0 aromatic carbocycles. The van der Waals surface area contributed by atoms with E-state index in [4.69, 9.17) is 5.73 Å². The summed E-state index contributed by atoms with van der Waals surface area (Å²) >= 11 is 0. The van der Waals surface area contributed by atoms with Crippen LogP contribution in [0.15, 0.2) is 0 Å². The number of hydrogen-bond donors (Lipinski definition) is 1. The molecule has 1 aliphatic carbocycles. The van der Waals surface area contributed by atoms with Gasteiger partial charge in [-0.3, -0.25) is 9.80 Å². The van der Waals surface area contributed by atoms with Gasteiger partial charge in [0.15, 0.2) is 0 Å². The molecule has 2 atom stereocenters. The van der Waals surface area contributed by atoms with Crippen LogP contribution >= 0.6 is 0 Å². The fraction of sp³-hybridized carbons (Fsp3) is 1.00. The van der Waals surface area contributed by atoms with E-state index in [-0.39, 0.29) is 5.54 Å². The minimum atomic E-state index is 0.282. The molecule has 3 heteroatoms. The average molecular weight is 279 g/mol. The minimum absolute atomic E-state index is 0.282. The Bertz CT molecular complexity index is 331. The van der Waals surface area contributed by atoms with Crippen LogP contribution in [0.1, 0.15) is 52.9 Å². The summed E-state index contributed by atoms with van der Waals surface area (Å²) in [4.78, 5) is 5.51. The quantitative estimate of drug-likeness (QED) is 0.857. The monoisotopic (exact) mass is 279 g/mol. The molecule has 2 saturated heterocycles. The third-order valence-electron chi connectivity index (χ3n) is 6.27. The smallest absolute Gasteiger partial charge is 0.0473 e. The molecular weight excluding hydrogens is 246 g/mol. The van der Waals surface area contributed by atoms with Gasteiger partial charge in [-0.15, -0.1) is 0 Å². The Balaban J connectivity index is 1.65. The van der Waals surface area contributed by atoms with Crippen molar-refractivity contribution < 1.29 is 0 Å². The second-order valence-corrected chi connectivity index (χ2v) is 7.95. The Morgan fingerprint density at radius 2 is 1.80 bits per heavy atom. The molecule has 1 saturated carbocycles. The van der Waals surface area contributed by atoms with Gasteiger partial charge in [0.1, 0.15) is 0 Å². The van der Waals surface area contributed by atoms with Gasteiger partial charge in [-0.1, -0.05) is 13.8 Å². The van der Waals surface area contributed by atoms with E-state index in [1.165, 1.54) is 51.7 Å². The molecule has 20 heavy (non-hydrogen) atoms. The molecule has 3 nitrogen and oxygen atoms in total. The lowest BCUT2D eigenvalue weighted by molar-refractivity contribution is 0.0500. The first kappa shape index (κ1) is 14.8. The Morgan fingerprint density at radius 3 is 2.30 bits per heavy atom. The maximum absolute atomic E-state index is 6.27. The molecule has 2 unspecified atom stereocenters. The Morgan fingerprint density at radius 1 is 1.15 bits per heavy atom. The molecule has 0 spiro atoms. The van der Waals surface area contributed by atoms with E-state index in [0.717, 1.165) is 30.5 Å². The lowest BCUT2D eigenvalue weighted by Gasteiger charge is -2.45. The highest BCUT2D eigenvalue weighted by atomic mass is 15.3. The second kappa shape index (κ2) is 5.58. The van der Waals surface area contributed by atoms with Crippen molar-refractivity contribution in [3.05, 3.63) is 0 Å². The molecule has 0 amide bonds. The summed E-state index contributed by atoms with van der Waals surface area (Å²) in [6.45, 7) is 11.8. The van der Waals surface area contributed by atoms with E-state index >= 15 is 0 Å². The van der Waals surface area contributed by atoms with E-state index in [0.29, 0.717) is 0 Å². The zero-order valence-electron chi connectivity index (χ0n) is 13.6. The topological polar surface area (TPSA) is 32.5 Å².